The molecule has 2 heterocycles. The first kappa shape index (κ1) is 12.7. The van der Waals surface area contributed by atoms with Crippen molar-refractivity contribution < 1.29 is 4.74 Å². The zero-order chi connectivity index (χ0) is 13.8. The molecule has 0 aliphatic rings. The van der Waals surface area contributed by atoms with Crippen LogP contribution in [0.4, 0.5) is 0 Å². The van der Waals surface area contributed by atoms with E-state index in [0.717, 1.165) is 29.2 Å². The van der Waals surface area contributed by atoms with Gasteiger partial charge in [0.2, 0.25) is 0 Å². The zero-order valence-corrected chi connectivity index (χ0v) is 11.2. The fraction of sp³-hybridized carbons (Fsp3) is 0.188. The average Bonchev–Trinajstić information content (AvgIpc) is 2.85. The van der Waals surface area contributed by atoms with E-state index in [1.807, 2.05) is 48.7 Å². The number of para-hydroxylation sites is 1. The van der Waals surface area contributed by atoms with Crippen molar-refractivity contribution in [2.45, 2.75) is 13.0 Å². The Kier molecular flexibility index (Phi) is 3.65. The number of nitrogens with two attached hydrogens (primary N) is 1. The van der Waals surface area contributed by atoms with E-state index in [-0.39, 0.29) is 0 Å². The molecule has 3 rings (SSSR count). The third-order valence-electron chi connectivity index (χ3n) is 3.19. The summed E-state index contributed by atoms with van der Waals surface area (Å²) in [6, 6.07) is 15.8. The van der Waals surface area contributed by atoms with Crippen molar-refractivity contribution in [1.82, 2.24) is 9.38 Å². The minimum absolute atomic E-state index is 0.444. The molecule has 4 heteroatoms. The van der Waals surface area contributed by atoms with E-state index in [1.165, 1.54) is 0 Å². The average molecular weight is 267 g/mol. The second kappa shape index (κ2) is 5.75. The quantitative estimate of drug-likeness (QED) is 0.772. The van der Waals surface area contributed by atoms with Crippen LogP contribution in [0.1, 0.15) is 11.5 Å². The molecule has 0 unspecified atom stereocenters. The molecule has 2 N–H and O–H groups in total. The highest BCUT2D eigenvalue weighted by Crippen LogP contribution is 2.16. The van der Waals surface area contributed by atoms with E-state index < -0.39 is 0 Å². The van der Waals surface area contributed by atoms with Gasteiger partial charge in [0.15, 0.2) is 5.82 Å². The molecule has 0 saturated heterocycles. The molecule has 4 nitrogen and oxygen atoms in total. The molecule has 0 atom stereocenters. The summed E-state index contributed by atoms with van der Waals surface area (Å²) in [4.78, 5) is 4.65. The van der Waals surface area contributed by atoms with Gasteiger partial charge in [-0.1, -0.05) is 24.3 Å². The van der Waals surface area contributed by atoms with Gasteiger partial charge < -0.3 is 14.9 Å². The molecule has 0 spiro atoms. The van der Waals surface area contributed by atoms with Crippen molar-refractivity contribution >= 4 is 5.52 Å². The summed E-state index contributed by atoms with van der Waals surface area (Å²) in [5.41, 5.74) is 7.77. The van der Waals surface area contributed by atoms with Crippen LogP contribution in [0.5, 0.6) is 5.75 Å². The highest BCUT2D eigenvalue weighted by Gasteiger charge is 2.10. The van der Waals surface area contributed by atoms with Crippen molar-refractivity contribution in [3.63, 3.8) is 0 Å². The minimum atomic E-state index is 0.444. The Labute approximate surface area is 117 Å². The minimum Gasteiger partial charge on any atom is -0.486 e. The van der Waals surface area contributed by atoms with Gasteiger partial charge in [-0.15, -0.1) is 0 Å². The number of imidazole rings is 1. The lowest BCUT2D eigenvalue weighted by Crippen LogP contribution is -2.03. The molecule has 0 aliphatic heterocycles. The van der Waals surface area contributed by atoms with Crippen LogP contribution in [-0.2, 0) is 13.0 Å². The molecule has 20 heavy (non-hydrogen) atoms. The predicted octanol–water partition coefficient (Wildman–Crippen LogP) is 2.41. The van der Waals surface area contributed by atoms with Crippen LogP contribution < -0.4 is 10.5 Å². The summed E-state index contributed by atoms with van der Waals surface area (Å²) in [6.45, 7) is 1.04. The Morgan fingerprint density at radius 2 is 1.85 bits per heavy atom. The van der Waals surface area contributed by atoms with E-state index in [0.29, 0.717) is 13.2 Å². The Hall–Kier alpha value is -2.33. The molecule has 102 valence electrons. The van der Waals surface area contributed by atoms with Crippen molar-refractivity contribution in [2.24, 2.45) is 5.73 Å². The van der Waals surface area contributed by atoms with E-state index in [1.54, 1.807) is 0 Å². The van der Waals surface area contributed by atoms with Gasteiger partial charge >= 0.3 is 0 Å². The molecule has 0 radical (unpaired) electrons. The van der Waals surface area contributed by atoms with Crippen LogP contribution in [0.15, 0.2) is 54.7 Å². The van der Waals surface area contributed by atoms with Crippen LogP contribution >= 0.6 is 0 Å². The van der Waals surface area contributed by atoms with Gasteiger partial charge in [-0.25, -0.2) is 4.98 Å². The summed E-state index contributed by atoms with van der Waals surface area (Å²) in [6.07, 6.45) is 2.78. The summed E-state index contributed by atoms with van der Waals surface area (Å²) in [5, 5.41) is 0. The Bertz CT molecular complexity index is 691. The van der Waals surface area contributed by atoms with Crippen molar-refractivity contribution in [2.75, 3.05) is 6.54 Å². The van der Waals surface area contributed by atoms with Gasteiger partial charge in [-0.05, 0) is 30.8 Å². The van der Waals surface area contributed by atoms with E-state index in [9.17, 15) is 0 Å². The smallest absolute Gasteiger partial charge is 0.151 e. The van der Waals surface area contributed by atoms with Gasteiger partial charge in [-0.2, -0.15) is 0 Å². The normalized spacial score (nSPS) is 10.8. The Morgan fingerprint density at radius 3 is 2.65 bits per heavy atom. The molecule has 0 aliphatic carbocycles. The van der Waals surface area contributed by atoms with Crippen LogP contribution in [0, 0.1) is 0 Å². The zero-order valence-electron chi connectivity index (χ0n) is 11.2. The van der Waals surface area contributed by atoms with E-state index >= 15 is 0 Å². The van der Waals surface area contributed by atoms with Gasteiger partial charge in [-0.3, -0.25) is 0 Å². The Balaban J connectivity index is 1.87. The van der Waals surface area contributed by atoms with Crippen LogP contribution in [0.2, 0.25) is 0 Å². The van der Waals surface area contributed by atoms with Crippen molar-refractivity contribution in [3.8, 4) is 5.75 Å². The maximum Gasteiger partial charge on any atom is 0.151 e. The number of fused-ring (bicyclic) bond motifs is 1. The van der Waals surface area contributed by atoms with Gasteiger partial charge in [0, 0.05) is 12.6 Å². The molecule has 1 aromatic carbocycles. The number of hydrogen-bond acceptors (Lipinski definition) is 3. The van der Waals surface area contributed by atoms with Crippen LogP contribution in [0.3, 0.4) is 0 Å². The molecule has 0 saturated carbocycles. The number of rotatable bonds is 5. The third kappa shape index (κ3) is 2.51. The second-order valence-corrected chi connectivity index (χ2v) is 4.57. The highest BCUT2D eigenvalue weighted by molar-refractivity contribution is 5.53. The van der Waals surface area contributed by atoms with Crippen molar-refractivity contribution in [1.29, 1.82) is 0 Å². The monoisotopic (exact) mass is 267 g/mol. The maximum absolute atomic E-state index is 5.78. The van der Waals surface area contributed by atoms with Crippen molar-refractivity contribution in [3.05, 3.63) is 66.2 Å². The molecule has 0 bridgehead atoms. The molecule has 3 aromatic rings. The number of pyridine rings is 1. The van der Waals surface area contributed by atoms with Gasteiger partial charge in [0.05, 0.1) is 11.2 Å². The first-order valence-electron chi connectivity index (χ1n) is 6.71. The summed E-state index contributed by atoms with van der Waals surface area (Å²) < 4.78 is 7.84. The summed E-state index contributed by atoms with van der Waals surface area (Å²) in [5.74, 6) is 1.74. The number of nitrogens with zero attached hydrogens (tertiary/aromatic N) is 2. The highest BCUT2D eigenvalue weighted by atomic mass is 16.5. The second-order valence-electron chi connectivity index (χ2n) is 4.57. The SMILES string of the molecule is NCCc1nc(COc2ccccc2)n2ccccc12. The maximum atomic E-state index is 5.78. The largest absolute Gasteiger partial charge is 0.486 e. The van der Waals surface area contributed by atoms with Gasteiger partial charge in [0.1, 0.15) is 12.4 Å². The number of ether oxygens (including phenoxy) is 1. The number of benzene rings is 1. The standard InChI is InChI=1S/C16H17N3O/c17-10-9-14-15-8-4-5-11-19(15)16(18-14)12-20-13-6-2-1-3-7-13/h1-8,11H,9-10,12,17H2. The first-order chi connectivity index (χ1) is 9.88. The third-order valence-corrected chi connectivity index (χ3v) is 3.19. The van der Waals surface area contributed by atoms with Crippen LogP contribution in [0.25, 0.3) is 5.52 Å². The molecule has 2 aromatic heterocycles. The van der Waals surface area contributed by atoms with Crippen LogP contribution in [-0.4, -0.2) is 15.9 Å². The first-order valence-corrected chi connectivity index (χ1v) is 6.71. The lowest BCUT2D eigenvalue weighted by atomic mass is 10.2. The lowest BCUT2D eigenvalue weighted by molar-refractivity contribution is 0.295. The Morgan fingerprint density at radius 1 is 1.05 bits per heavy atom. The molecule has 0 amide bonds. The molecular weight excluding hydrogens is 250 g/mol. The summed E-state index contributed by atoms with van der Waals surface area (Å²) >= 11 is 0. The van der Waals surface area contributed by atoms with E-state index in [4.69, 9.17) is 10.5 Å². The number of aromatic nitrogens is 2. The van der Waals surface area contributed by atoms with Gasteiger partial charge in [0.25, 0.3) is 0 Å². The lowest BCUT2D eigenvalue weighted by Gasteiger charge is -2.04. The molecule has 0 fully saturated rings. The number of hydrogen-bond donors (Lipinski definition) is 1. The predicted molar refractivity (Wildman–Crippen MR) is 78.7 cm³/mol. The topological polar surface area (TPSA) is 52.5 Å². The fourth-order valence-electron chi connectivity index (χ4n) is 2.26. The summed E-state index contributed by atoms with van der Waals surface area (Å²) in [7, 11) is 0. The van der Waals surface area contributed by atoms with E-state index in [2.05, 4.69) is 15.5 Å². The molecular formula is C16H17N3O. The fourth-order valence-corrected chi connectivity index (χ4v) is 2.26.